The third-order valence-electron chi connectivity index (χ3n) is 4.03. The zero-order chi connectivity index (χ0) is 18.3. The third-order valence-corrected chi connectivity index (χ3v) is 4.03. The van der Waals surface area contributed by atoms with Gasteiger partial charge in [0.2, 0.25) is 0 Å². The van der Waals surface area contributed by atoms with E-state index >= 15 is 0 Å². The Morgan fingerprint density at radius 3 is 2.42 bits per heavy atom. The van der Waals surface area contributed by atoms with Crippen molar-refractivity contribution in [1.29, 1.82) is 10.8 Å². The van der Waals surface area contributed by atoms with Gasteiger partial charge in [-0.05, 0) is 57.2 Å². The van der Waals surface area contributed by atoms with E-state index in [-0.39, 0.29) is 11.5 Å². The van der Waals surface area contributed by atoms with E-state index in [2.05, 4.69) is 11.9 Å². The predicted molar refractivity (Wildman–Crippen MR) is 99.0 cm³/mol. The van der Waals surface area contributed by atoms with Crippen LogP contribution < -0.4 is 5.73 Å². The lowest BCUT2D eigenvalue weighted by molar-refractivity contribution is -0.113. The number of rotatable bonds is 9. The van der Waals surface area contributed by atoms with Gasteiger partial charge in [0.05, 0.1) is 0 Å². The van der Waals surface area contributed by atoms with Gasteiger partial charge in [0, 0.05) is 35.3 Å². The average molecular weight is 328 g/mol. The van der Waals surface area contributed by atoms with Crippen LogP contribution in [0.2, 0.25) is 0 Å². The molecule has 0 saturated carbocycles. The largest absolute Gasteiger partial charge is 0.402 e. The molecule has 1 rings (SSSR count). The van der Waals surface area contributed by atoms with E-state index in [0.717, 1.165) is 29.7 Å². The van der Waals surface area contributed by atoms with Gasteiger partial charge in [0.25, 0.3) is 0 Å². The Balaban J connectivity index is 2.70. The van der Waals surface area contributed by atoms with Crippen LogP contribution in [0.1, 0.15) is 63.8 Å². The van der Waals surface area contributed by atoms with Crippen LogP contribution in [0, 0.1) is 10.8 Å². The highest BCUT2D eigenvalue weighted by atomic mass is 16.1. The van der Waals surface area contributed by atoms with E-state index in [9.17, 15) is 4.79 Å². The minimum absolute atomic E-state index is 0.00226. The molecule has 0 amide bonds. The van der Waals surface area contributed by atoms with Crippen molar-refractivity contribution in [3.8, 4) is 0 Å². The third kappa shape index (κ3) is 5.41. The van der Waals surface area contributed by atoms with Crippen LogP contribution >= 0.6 is 0 Å². The van der Waals surface area contributed by atoms with Crippen LogP contribution in [0.3, 0.4) is 0 Å². The number of hydrogen-bond donors (Lipinski definition) is 3. The fourth-order valence-electron chi connectivity index (χ4n) is 2.42. The Morgan fingerprint density at radius 2 is 1.88 bits per heavy atom. The number of carbonyl (C=O) groups excluding carboxylic acids is 1. The van der Waals surface area contributed by atoms with Crippen molar-refractivity contribution < 1.29 is 4.79 Å². The van der Waals surface area contributed by atoms with Crippen molar-refractivity contribution in [1.82, 2.24) is 4.98 Å². The molecule has 4 N–H and O–H groups in total. The second kappa shape index (κ2) is 9.11. The number of ketones is 1. The molecular weight excluding hydrogens is 300 g/mol. The van der Waals surface area contributed by atoms with E-state index in [1.54, 1.807) is 20.8 Å². The minimum atomic E-state index is -0.184. The molecule has 0 atom stereocenters. The molecule has 0 aliphatic carbocycles. The van der Waals surface area contributed by atoms with Gasteiger partial charge in [0.15, 0.2) is 5.78 Å². The van der Waals surface area contributed by atoms with Crippen molar-refractivity contribution in [2.45, 2.75) is 59.8 Å². The molecule has 1 aromatic heterocycles. The lowest BCUT2D eigenvalue weighted by Crippen LogP contribution is -2.17. The fraction of sp³-hybridized carbons (Fsp3) is 0.474. The summed E-state index contributed by atoms with van der Waals surface area (Å²) in [7, 11) is 0. The normalized spacial score (nSPS) is 11.8. The molecule has 0 bridgehead atoms. The maximum absolute atomic E-state index is 12.0. The van der Waals surface area contributed by atoms with Crippen LogP contribution in [0.25, 0.3) is 0 Å². The highest BCUT2D eigenvalue weighted by Gasteiger charge is 2.13. The van der Waals surface area contributed by atoms with E-state index in [0.29, 0.717) is 36.2 Å². The first-order valence-electron chi connectivity index (χ1n) is 8.36. The number of aromatic nitrogens is 1. The van der Waals surface area contributed by atoms with Crippen molar-refractivity contribution in [2.75, 3.05) is 0 Å². The Kier molecular flexibility index (Phi) is 7.49. The number of Topliss-reactive ketones (excluding diaryl/α,β-unsaturated/α-hetero) is 1. The minimum Gasteiger partial charge on any atom is -0.402 e. The number of nitrogens with two attached hydrogens (primary N) is 1. The molecule has 0 saturated heterocycles. The quantitative estimate of drug-likeness (QED) is 0.603. The van der Waals surface area contributed by atoms with E-state index < -0.39 is 0 Å². The molecule has 0 aliphatic heterocycles. The number of nitrogens with zero attached hydrogens (tertiary/aromatic N) is 1. The first-order chi connectivity index (χ1) is 11.3. The molecular formula is C19H28N4O. The SMILES string of the molecule is CCCc1ncc(CCCC(=O)C(=N)C(C)=C(C)N)cc1C(C)=N. The summed E-state index contributed by atoms with van der Waals surface area (Å²) in [5.41, 5.74) is 10.1. The number of pyridine rings is 1. The van der Waals surface area contributed by atoms with Gasteiger partial charge in [-0.1, -0.05) is 13.3 Å². The van der Waals surface area contributed by atoms with Gasteiger partial charge in [-0.25, -0.2) is 0 Å². The van der Waals surface area contributed by atoms with Gasteiger partial charge >= 0.3 is 0 Å². The van der Waals surface area contributed by atoms with Gasteiger partial charge in [-0.2, -0.15) is 0 Å². The van der Waals surface area contributed by atoms with Crippen molar-refractivity contribution in [3.05, 3.63) is 40.4 Å². The number of allylic oxidation sites excluding steroid dienone is 2. The summed E-state index contributed by atoms with van der Waals surface area (Å²) in [6.07, 6.45) is 5.39. The maximum Gasteiger partial charge on any atom is 0.180 e. The Hall–Kier alpha value is -2.30. The second-order valence-electron chi connectivity index (χ2n) is 6.17. The monoisotopic (exact) mass is 328 g/mol. The molecule has 1 heterocycles. The molecule has 0 aromatic carbocycles. The summed E-state index contributed by atoms with van der Waals surface area (Å²) in [6, 6.07) is 2.01. The zero-order valence-electron chi connectivity index (χ0n) is 15.1. The van der Waals surface area contributed by atoms with Gasteiger partial charge < -0.3 is 11.1 Å². The van der Waals surface area contributed by atoms with Gasteiger partial charge in [-0.3, -0.25) is 15.2 Å². The fourth-order valence-corrected chi connectivity index (χ4v) is 2.42. The molecule has 0 fully saturated rings. The molecule has 0 spiro atoms. The first kappa shape index (κ1) is 19.7. The molecule has 5 heteroatoms. The second-order valence-corrected chi connectivity index (χ2v) is 6.17. The molecule has 24 heavy (non-hydrogen) atoms. The predicted octanol–water partition coefficient (Wildman–Crippen LogP) is 3.59. The summed E-state index contributed by atoms with van der Waals surface area (Å²) in [5.74, 6) is -0.184. The molecule has 130 valence electrons. The van der Waals surface area contributed by atoms with Crippen molar-refractivity contribution in [3.63, 3.8) is 0 Å². The smallest absolute Gasteiger partial charge is 0.180 e. The Morgan fingerprint density at radius 1 is 1.21 bits per heavy atom. The van der Waals surface area contributed by atoms with E-state index in [4.69, 9.17) is 16.6 Å². The molecule has 0 unspecified atom stereocenters. The van der Waals surface area contributed by atoms with Crippen LogP contribution in [0.5, 0.6) is 0 Å². The molecule has 1 aromatic rings. The summed E-state index contributed by atoms with van der Waals surface area (Å²) < 4.78 is 0. The van der Waals surface area contributed by atoms with Crippen molar-refractivity contribution >= 4 is 17.2 Å². The lowest BCUT2D eigenvalue weighted by Gasteiger charge is -2.10. The van der Waals surface area contributed by atoms with Gasteiger partial charge in [0.1, 0.15) is 5.71 Å². The summed E-state index contributed by atoms with van der Waals surface area (Å²) in [4.78, 5) is 16.5. The standard InChI is InChI=1S/C19H28N4O/c1-5-7-17-16(14(4)21)10-15(11-23-17)8-6-9-18(24)19(22)12(2)13(3)20/h10-11,21-22H,5-9,20H2,1-4H3. The van der Waals surface area contributed by atoms with Crippen LogP contribution in [-0.2, 0) is 17.6 Å². The Bertz CT molecular complexity index is 670. The highest BCUT2D eigenvalue weighted by Crippen LogP contribution is 2.14. The van der Waals surface area contributed by atoms with Crippen molar-refractivity contribution in [2.24, 2.45) is 5.73 Å². The van der Waals surface area contributed by atoms with E-state index in [1.807, 2.05) is 12.3 Å². The summed E-state index contributed by atoms with van der Waals surface area (Å²) in [6.45, 7) is 7.26. The van der Waals surface area contributed by atoms with Crippen LogP contribution in [-0.4, -0.2) is 22.2 Å². The molecule has 0 aliphatic rings. The number of carbonyl (C=O) groups is 1. The topological polar surface area (TPSA) is 104 Å². The summed E-state index contributed by atoms with van der Waals surface area (Å²) >= 11 is 0. The van der Waals surface area contributed by atoms with Gasteiger partial charge in [-0.15, -0.1) is 0 Å². The zero-order valence-corrected chi connectivity index (χ0v) is 15.1. The average Bonchev–Trinajstić information content (AvgIpc) is 2.54. The maximum atomic E-state index is 12.0. The highest BCUT2D eigenvalue weighted by molar-refractivity contribution is 6.44. The van der Waals surface area contributed by atoms with Crippen LogP contribution in [0.15, 0.2) is 23.5 Å². The lowest BCUT2D eigenvalue weighted by atomic mass is 9.99. The molecule has 5 nitrogen and oxygen atoms in total. The Labute approximate surface area is 144 Å². The van der Waals surface area contributed by atoms with Crippen LogP contribution in [0.4, 0.5) is 0 Å². The van der Waals surface area contributed by atoms with E-state index in [1.165, 1.54) is 0 Å². The molecule has 0 radical (unpaired) electrons. The number of aryl methyl sites for hydroxylation is 2. The summed E-state index contributed by atoms with van der Waals surface area (Å²) in [5, 5.41) is 15.8. The first-order valence-corrected chi connectivity index (χ1v) is 8.36. The number of hydrogen-bond acceptors (Lipinski definition) is 5. The number of nitrogens with one attached hydrogen (secondary N) is 2.